The topological polar surface area (TPSA) is 76.0 Å². The zero-order chi connectivity index (χ0) is 21.1. The molecule has 0 saturated carbocycles. The summed E-state index contributed by atoms with van der Waals surface area (Å²) in [5.41, 5.74) is 0.831. The lowest BCUT2D eigenvalue weighted by Crippen LogP contribution is -2.50. The zero-order valence-corrected chi connectivity index (χ0v) is 18.2. The van der Waals surface area contributed by atoms with Crippen LogP contribution in [0.15, 0.2) is 59.0 Å². The molecule has 5 nitrogen and oxygen atoms in total. The predicted molar refractivity (Wildman–Crippen MR) is 116 cm³/mol. The summed E-state index contributed by atoms with van der Waals surface area (Å²) >= 11 is 6.32. The van der Waals surface area contributed by atoms with Gasteiger partial charge in [-0.25, -0.2) is 8.42 Å². The number of hydrogen-bond donors (Lipinski definition) is 1. The summed E-state index contributed by atoms with van der Waals surface area (Å²) in [5, 5.41) is 9.28. The van der Waals surface area contributed by atoms with E-state index < -0.39 is 20.9 Å². The van der Waals surface area contributed by atoms with Gasteiger partial charge in [0.1, 0.15) is 10.9 Å². The highest BCUT2D eigenvalue weighted by molar-refractivity contribution is 7.91. The largest absolute Gasteiger partial charge is 0.473 e. The second-order valence-corrected chi connectivity index (χ2v) is 10.0. The summed E-state index contributed by atoms with van der Waals surface area (Å²) in [6, 6.07) is 16.8. The average molecular weight is 436 g/mol. The monoisotopic (exact) mass is 435 g/mol. The Hall–Kier alpha value is -1.89. The van der Waals surface area contributed by atoms with Gasteiger partial charge in [-0.3, -0.25) is 0 Å². The van der Waals surface area contributed by atoms with Crippen LogP contribution >= 0.6 is 11.6 Å². The SMILES string of the molecule is CC1(C)OC(C[C@@H](CCO)c2ccccc2Cl)=NS(=O)(=O)C1Cc1ccccc1. The molecule has 0 amide bonds. The molecule has 2 atom stereocenters. The molecule has 1 aliphatic rings. The Kier molecular flexibility index (Phi) is 6.66. The van der Waals surface area contributed by atoms with E-state index in [1.807, 2.05) is 48.5 Å². The van der Waals surface area contributed by atoms with Crippen molar-refractivity contribution in [1.29, 1.82) is 0 Å². The second-order valence-electron chi connectivity index (χ2n) is 7.82. The maximum absolute atomic E-state index is 13.0. The zero-order valence-electron chi connectivity index (χ0n) is 16.6. The maximum Gasteiger partial charge on any atom is 0.263 e. The van der Waals surface area contributed by atoms with E-state index in [1.165, 1.54) is 0 Å². The first kappa shape index (κ1) is 21.8. The van der Waals surface area contributed by atoms with Gasteiger partial charge in [-0.15, -0.1) is 4.40 Å². The third kappa shape index (κ3) is 5.18. The fourth-order valence-corrected chi connectivity index (χ4v) is 5.73. The summed E-state index contributed by atoms with van der Waals surface area (Å²) < 4.78 is 36.1. The molecule has 0 spiro atoms. The van der Waals surface area contributed by atoms with Crippen LogP contribution in [0.5, 0.6) is 0 Å². The third-order valence-corrected chi connectivity index (χ3v) is 7.51. The van der Waals surface area contributed by atoms with Crippen molar-refractivity contribution in [2.24, 2.45) is 4.40 Å². The molecule has 1 N–H and O–H groups in total. The van der Waals surface area contributed by atoms with E-state index in [0.717, 1.165) is 11.1 Å². The Labute approximate surface area is 177 Å². The molecule has 0 aromatic heterocycles. The van der Waals surface area contributed by atoms with Crippen molar-refractivity contribution in [3.63, 3.8) is 0 Å². The number of nitrogens with zero attached hydrogens (tertiary/aromatic N) is 1. The van der Waals surface area contributed by atoms with Gasteiger partial charge in [0.05, 0.1) is 0 Å². The van der Waals surface area contributed by atoms with Gasteiger partial charge < -0.3 is 9.84 Å². The van der Waals surface area contributed by atoms with Gasteiger partial charge in [0.25, 0.3) is 10.0 Å². The summed E-state index contributed by atoms with van der Waals surface area (Å²) in [4.78, 5) is 0. The van der Waals surface area contributed by atoms with Crippen molar-refractivity contribution in [1.82, 2.24) is 0 Å². The summed E-state index contributed by atoms with van der Waals surface area (Å²) in [5.74, 6) is -0.0261. The third-order valence-electron chi connectivity index (χ3n) is 5.25. The van der Waals surface area contributed by atoms with Crippen LogP contribution in [0.25, 0.3) is 0 Å². The molecule has 0 aliphatic carbocycles. The molecule has 156 valence electrons. The van der Waals surface area contributed by atoms with Crippen LogP contribution in [-0.4, -0.2) is 36.9 Å². The predicted octanol–water partition coefficient (Wildman–Crippen LogP) is 4.34. The van der Waals surface area contributed by atoms with Gasteiger partial charge in [-0.05, 0) is 49.8 Å². The molecular weight excluding hydrogens is 410 g/mol. The Morgan fingerprint density at radius 2 is 1.79 bits per heavy atom. The van der Waals surface area contributed by atoms with E-state index in [4.69, 9.17) is 16.3 Å². The van der Waals surface area contributed by atoms with Gasteiger partial charge in [0, 0.05) is 18.1 Å². The van der Waals surface area contributed by atoms with E-state index in [9.17, 15) is 13.5 Å². The van der Waals surface area contributed by atoms with Gasteiger partial charge in [0.15, 0.2) is 0 Å². The number of hydrogen-bond acceptors (Lipinski definition) is 4. The molecule has 0 bridgehead atoms. The number of aliphatic hydroxyl groups excluding tert-OH is 1. The summed E-state index contributed by atoms with van der Waals surface area (Å²) in [7, 11) is -3.76. The Bertz CT molecular complexity index is 973. The Balaban J connectivity index is 1.88. The first-order chi connectivity index (χ1) is 13.7. The number of ether oxygens (including phenoxy) is 1. The van der Waals surface area contributed by atoms with E-state index in [2.05, 4.69) is 4.40 Å². The molecule has 1 heterocycles. The minimum absolute atomic E-state index is 0.0457. The fraction of sp³-hybridized carbons (Fsp3) is 0.409. The first-order valence-electron chi connectivity index (χ1n) is 9.64. The fourth-order valence-electron chi connectivity index (χ4n) is 3.75. The Morgan fingerprint density at radius 1 is 1.14 bits per heavy atom. The van der Waals surface area contributed by atoms with Crippen LogP contribution < -0.4 is 0 Å². The van der Waals surface area contributed by atoms with Crippen LogP contribution in [0.1, 0.15) is 43.7 Å². The highest BCUT2D eigenvalue weighted by Crippen LogP contribution is 2.35. The molecule has 0 saturated heterocycles. The van der Waals surface area contributed by atoms with Crippen LogP contribution in [0.2, 0.25) is 5.02 Å². The average Bonchev–Trinajstić information content (AvgIpc) is 2.65. The van der Waals surface area contributed by atoms with Crippen LogP contribution in [0, 0.1) is 0 Å². The van der Waals surface area contributed by atoms with E-state index >= 15 is 0 Å². The smallest absolute Gasteiger partial charge is 0.263 e. The molecule has 0 radical (unpaired) electrons. The van der Waals surface area contributed by atoms with Gasteiger partial charge >= 0.3 is 0 Å². The number of sulfonamides is 1. The molecule has 2 aromatic carbocycles. The molecule has 7 heteroatoms. The van der Waals surface area contributed by atoms with Crippen molar-refractivity contribution in [3.8, 4) is 0 Å². The molecular formula is C22H26ClNO4S. The lowest BCUT2D eigenvalue weighted by atomic mass is 9.92. The summed E-state index contributed by atoms with van der Waals surface area (Å²) in [6.07, 6.45) is 1.02. The van der Waals surface area contributed by atoms with Crippen molar-refractivity contribution in [2.45, 2.75) is 49.9 Å². The van der Waals surface area contributed by atoms with Crippen molar-refractivity contribution in [3.05, 3.63) is 70.7 Å². The van der Waals surface area contributed by atoms with Gasteiger partial charge in [-0.2, -0.15) is 0 Å². The van der Waals surface area contributed by atoms with Gasteiger partial charge in [0.2, 0.25) is 5.90 Å². The molecule has 3 rings (SSSR count). The highest BCUT2D eigenvalue weighted by Gasteiger charge is 2.46. The Morgan fingerprint density at radius 3 is 2.41 bits per heavy atom. The number of halogens is 1. The van der Waals surface area contributed by atoms with Crippen molar-refractivity contribution < 1.29 is 18.3 Å². The normalized spacial score (nSPS) is 21.1. The van der Waals surface area contributed by atoms with E-state index in [1.54, 1.807) is 19.9 Å². The minimum Gasteiger partial charge on any atom is -0.473 e. The minimum atomic E-state index is -3.76. The second kappa shape index (κ2) is 8.86. The first-order valence-corrected chi connectivity index (χ1v) is 11.5. The van der Waals surface area contributed by atoms with E-state index in [-0.39, 0.29) is 24.8 Å². The highest BCUT2D eigenvalue weighted by atomic mass is 35.5. The molecule has 1 aliphatic heterocycles. The van der Waals surface area contributed by atoms with Crippen LogP contribution in [0.4, 0.5) is 0 Å². The number of rotatable bonds is 7. The molecule has 1 unspecified atom stereocenters. The lowest BCUT2D eigenvalue weighted by Gasteiger charge is -2.38. The van der Waals surface area contributed by atoms with E-state index in [0.29, 0.717) is 17.9 Å². The molecule has 2 aromatic rings. The number of benzene rings is 2. The van der Waals surface area contributed by atoms with Crippen molar-refractivity contribution >= 4 is 27.5 Å². The van der Waals surface area contributed by atoms with Gasteiger partial charge in [-0.1, -0.05) is 60.1 Å². The quantitative estimate of drug-likeness (QED) is 0.701. The van der Waals surface area contributed by atoms with Crippen LogP contribution in [0.3, 0.4) is 0 Å². The maximum atomic E-state index is 13.0. The standard InChI is InChI=1S/C22H26ClNO4S/c1-22(2)20(14-16-8-4-3-5-9-16)29(26,27)24-21(28-22)15-17(12-13-25)18-10-6-7-11-19(18)23/h3-11,17,20,25H,12-15H2,1-2H3/t17-,20?/m1/s1. The summed E-state index contributed by atoms with van der Waals surface area (Å²) in [6.45, 7) is 3.52. The number of aliphatic hydroxyl groups is 1. The molecule has 0 fully saturated rings. The molecule has 29 heavy (non-hydrogen) atoms. The van der Waals surface area contributed by atoms with Crippen molar-refractivity contribution in [2.75, 3.05) is 6.61 Å². The van der Waals surface area contributed by atoms with Crippen LogP contribution in [-0.2, 0) is 21.2 Å². The lowest BCUT2D eigenvalue weighted by molar-refractivity contribution is 0.0798.